The van der Waals surface area contributed by atoms with E-state index in [0.29, 0.717) is 43.2 Å². The van der Waals surface area contributed by atoms with Crippen molar-refractivity contribution in [3.05, 3.63) is 41.9 Å². The zero-order valence-electron chi connectivity index (χ0n) is 18.1. The summed E-state index contributed by atoms with van der Waals surface area (Å²) in [5, 5.41) is 11.2. The van der Waals surface area contributed by atoms with E-state index < -0.39 is 23.6 Å². The Morgan fingerprint density at radius 3 is 2.44 bits per heavy atom. The molecule has 1 aromatic heterocycles. The Morgan fingerprint density at radius 1 is 1.12 bits per heavy atom. The Kier molecular flexibility index (Phi) is 5.75. The fourth-order valence-electron chi connectivity index (χ4n) is 4.78. The molecule has 4 aliphatic rings. The summed E-state index contributed by atoms with van der Waals surface area (Å²) in [6.07, 6.45) is -2.82. The quantitative estimate of drug-likeness (QED) is 0.597. The fourth-order valence-corrected chi connectivity index (χ4v) is 4.78. The number of benzene rings is 1. The van der Waals surface area contributed by atoms with Crippen LogP contribution in [0.15, 0.2) is 28.7 Å². The zero-order valence-corrected chi connectivity index (χ0v) is 18.1. The molecule has 4 fully saturated rings. The lowest BCUT2D eigenvalue weighted by Gasteiger charge is -2.51. The summed E-state index contributed by atoms with van der Waals surface area (Å²) in [6, 6.07) is 5.41. The predicted molar refractivity (Wildman–Crippen MR) is 106 cm³/mol. The van der Waals surface area contributed by atoms with Crippen molar-refractivity contribution < 1.29 is 41.0 Å². The topological polar surface area (TPSA) is 95.7 Å². The van der Waals surface area contributed by atoms with Gasteiger partial charge in [0, 0.05) is 5.92 Å². The Morgan fingerprint density at radius 2 is 1.82 bits per heavy atom. The first-order valence-electron chi connectivity index (χ1n) is 11.1. The second kappa shape index (κ2) is 8.49. The van der Waals surface area contributed by atoms with E-state index in [1.54, 1.807) is 0 Å². The SMILES string of the molecule is O=C(COc1ccc(F)cc1)NC12CCC(c3nnc([C@H]4C[C@@H](OC(F)(F)F)C4)o3)(CC1)OC2. The minimum absolute atomic E-state index is 0.171. The van der Waals surface area contributed by atoms with E-state index in [4.69, 9.17) is 13.9 Å². The molecule has 1 aromatic carbocycles. The zero-order chi connectivity index (χ0) is 24.0. The van der Waals surface area contributed by atoms with Crippen molar-refractivity contribution in [3.63, 3.8) is 0 Å². The van der Waals surface area contributed by atoms with Crippen LogP contribution in [0, 0.1) is 5.82 Å². The molecule has 1 N–H and O–H groups in total. The maximum Gasteiger partial charge on any atom is 0.522 e. The molecule has 1 amide bonds. The molecule has 2 saturated heterocycles. The molecule has 3 heterocycles. The van der Waals surface area contributed by atoms with Gasteiger partial charge in [-0.05, 0) is 62.8 Å². The van der Waals surface area contributed by atoms with Gasteiger partial charge in [-0.1, -0.05) is 0 Å². The fraction of sp³-hybridized carbons (Fsp3) is 0.591. The molecule has 0 atom stereocenters. The lowest BCUT2D eigenvalue weighted by Crippen LogP contribution is -2.62. The number of nitrogens with one attached hydrogen (secondary N) is 1. The number of amides is 1. The van der Waals surface area contributed by atoms with Gasteiger partial charge < -0.3 is 19.2 Å². The molecule has 8 nitrogen and oxygen atoms in total. The van der Waals surface area contributed by atoms with Gasteiger partial charge in [0.15, 0.2) is 6.61 Å². The lowest BCUT2D eigenvalue weighted by molar-refractivity contribution is -0.352. The second-order valence-electron chi connectivity index (χ2n) is 9.15. The van der Waals surface area contributed by atoms with Crippen LogP contribution in [0.1, 0.15) is 56.2 Å². The van der Waals surface area contributed by atoms with Gasteiger partial charge in [-0.2, -0.15) is 0 Å². The van der Waals surface area contributed by atoms with Crippen LogP contribution < -0.4 is 10.1 Å². The van der Waals surface area contributed by atoms with E-state index in [2.05, 4.69) is 20.3 Å². The Bertz CT molecular complexity index is 1010. The minimum atomic E-state index is -4.65. The van der Waals surface area contributed by atoms with Crippen LogP contribution in [0.5, 0.6) is 5.75 Å². The Labute approximate surface area is 191 Å². The molecule has 0 unspecified atom stereocenters. The van der Waals surface area contributed by atoms with Crippen molar-refractivity contribution in [2.75, 3.05) is 13.2 Å². The van der Waals surface area contributed by atoms with Crippen molar-refractivity contribution in [3.8, 4) is 5.75 Å². The highest BCUT2D eigenvalue weighted by Crippen LogP contribution is 2.50. The van der Waals surface area contributed by atoms with E-state index >= 15 is 0 Å². The van der Waals surface area contributed by atoms with Gasteiger partial charge in [0.2, 0.25) is 11.8 Å². The summed E-state index contributed by atoms with van der Waals surface area (Å²) in [5.74, 6) is 0.0540. The van der Waals surface area contributed by atoms with Crippen molar-refractivity contribution >= 4 is 5.91 Å². The summed E-state index contributed by atoms with van der Waals surface area (Å²) in [7, 11) is 0. The molecule has 2 bridgehead atoms. The van der Waals surface area contributed by atoms with Crippen LogP contribution in [0.2, 0.25) is 0 Å². The number of hydrogen-bond acceptors (Lipinski definition) is 7. The van der Waals surface area contributed by atoms with Crippen molar-refractivity contribution in [1.82, 2.24) is 15.5 Å². The molecule has 2 aliphatic heterocycles. The van der Waals surface area contributed by atoms with E-state index in [-0.39, 0.29) is 43.7 Å². The third-order valence-corrected chi connectivity index (χ3v) is 6.80. The maximum atomic E-state index is 13.0. The van der Waals surface area contributed by atoms with E-state index in [9.17, 15) is 22.4 Å². The largest absolute Gasteiger partial charge is 0.522 e. The van der Waals surface area contributed by atoms with E-state index in [0.717, 1.165) is 0 Å². The normalized spacial score (nSPS) is 30.6. The van der Waals surface area contributed by atoms with Crippen LogP contribution in [0.25, 0.3) is 0 Å². The summed E-state index contributed by atoms with van der Waals surface area (Å²) in [6.45, 7) is 0.0594. The van der Waals surface area contributed by atoms with Crippen molar-refractivity contribution in [2.24, 2.45) is 0 Å². The summed E-state index contributed by atoms with van der Waals surface area (Å²) < 4.78 is 71.2. The monoisotopic (exact) mass is 485 g/mol. The molecular weight excluding hydrogens is 462 g/mol. The van der Waals surface area contributed by atoms with Crippen LogP contribution in [-0.2, 0) is 19.9 Å². The molecule has 0 radical (unpaired) electrons. The minimum Gasteiger partial charge on any atom is -0.484 e. The number of carbonyl (C=O) groups is 1. The summed E-state index contributed by atoms with van der Waals surface area (Å²) >= 11 is 0. The van der Waals surface area contributed by atoms with Gasteiger partial charge in [-0.3, -0.25) is 9.53 Å². The summed E-state index contributed by atoms with van der Waals surface area (Å²) in [4.78, 5) is 12.4. The highest BCUT2D eigenvalue weighted by atomic mass is 19.4. The molecule has 2 saturated carbocycles. The maximum absolute atomic E-state index is 13.0. The smallest absolute Gasteiger partial charge is 0.484 e. The molecule has 2 aliphatic carbocycles. The van der Waals surface area contributed by atoms with Crippen molar-refractivity contribution in [2.45, 2.75) is 68.0 Å². The van der Waals surface area contributed by atoms with Crippen LogP contribution in [-0.4, -0.2) is 47.3 Å². The standard InChI is InChI=1S/C22H23F4N3O5/c23-14-1-3-15(4-2-14)31-11-17(30)27-20-5-7-21(8-6-20,32-12-20)19-29-28-18(33-19)13-9-16(10-13)34-22(24,25)26/h1-4,13,16H,5-12H2,(H,27,30)/t13-,16+,20?,21?. The number of fused-ring (bicyclic) bond motifs is 3. The first-order chi connectivity index (χ1) is 16.1. The van der Waals surface area contributed by atoms with E-state index in [1.165, 1.54) is 24.3 Å². The van der Waals surface area contributed by atoms with Gasteiger partial charge in [-0.25, -0.2) is 4.39 Å². The molecule has 0 spiro atoms. The van der Waals surface area contributed by atoms with Crippen LogP contribution in [0.4, 0.5) is 17.6 Å². The number of alkyl halides is 3. The number of aromatic nitrogens is 2. The second-order valence-corrected chi connectivity index (χ2v) is 9.15. The van der Waals surface area contributed by atoms with Gasteiger partial charge in [-0.15, -0.1) is 23.4 Å². The Hall–Kier alpha value is -2.73. The summed E-state index contributed by atoms with van der Waals surface area (Å²) in [5.41, 5.74) is -1.28. The average Bonchev–Trinajstić information content (AvgIpc) is 3.26. The van der Waals surface area contributed by atoms with Gasteiger partial charge in [0.05, 0.1) is 18.2 Å². The molecule has 12 heteroatoms. The highest BCUT2D eigenvalue weighted by Gasteiger charge is 2.54. The molecule has 34 heavy (non-hydrogen) atoms. The van der Waals surface area contributed by atoms with Crippen LogP contribution >= 0.6 is 0 Å². The number of halogens is 4. The van der Waals surface area contributed by atoms with Crippen molar-refractivity contribution in [1.29, 1.82) is 0 Å². The highest BCUT2D eigenvalue weighted by molar-refractivity contribution is 5.78. The van der Waals surface area contributed by atoms with E-state index in [1.807, 2.05) is 0 Å². The molecule has 184 valence electrons. The molecule has 6 rings (SSSR count). The number of carbonyl (C=O) groups excluding carboxylic acids is 1. The number of hydrogen-bond donors (Lipinski definition) is 1. The van der Waals surface area contributed by atoms with Gasteiger partial charge >= 0.3 is 6.36 Å². The Balaban J connectivity index is 1.13. The van der Waals surface area contributed by atoms with Gasteiger partial charge in [0.25, 0.3) is 5.91 Å². The molecular formula is C22H23F4N3O5. The first-order valence-corrected chi connectivity index (χ1v) is 11.1. The predicted octanol–water partition coefficient (Wildman–Crippen LogP) is 3.72. The molecule has 2 aromatic rings. The lowest BCUT2D eigenvalue weighted by atomic mass is 9.71. The average molecular weight is 485 g/mol. The number of rotatable bonds is 7. The number of ether oxygens (including phenoxy) is 3. The van der Waals surface area contributed by atoms with Crippen LogP contribution in [0.3, 0.4) is 0 Å². The third-order valence-electron chi connectivity index (χ3n) is 6.80. The first kappa shape index (κ1) is 23.0. The van der Waals surface area contributed by atoms with Gasteiger partial charge in [0.1, 0.15) is 17.2 Å². The third kappa shape index (κ3) is 4.74. The number of nitrogens with zero attached hydrogens (tertiary/aromatic N) is 2.